The molecule has 2 aromatic carbocycles. The zero-order valence-electron chi connectivity index (χ0n) is 18.6. The van der Waals surface area contributed by atoms with Crippen LogP contribution in [-0.2, 0) is 4.74 Å². The Morgan fingerprint density at radius 3 is 2.64 bits per heavy atom. The van der Waals surface area contributed by atoms with E-state index in [1.807, 2.05) is 52.9 Å². The highest BCUT2D eigenvalue weighted by Gasteiger charge is 2.41. The summed E-state index contributed by atoms with van der Waals surface area (Å²) in [4.78, 5) is 8.18. The van der Waals surface area contributed by atoms with Gasteiger partial charge in [-0.3, -0.25) is 10.6 Å². The molecule has 3 aromatic rings. The van der Waals surface area contributed by atoms with Crippen LogP contribution in [0.25, 0.3) is 5.69 Å². The van der Waals surface area contributed by atoms with Crippen LogP contribution >= 0.6 is 11.6 Å². The number of ether oxygens (including phenoxy) is 2. The van der Waals surface area contributed by atoms with Crippen molar-refractivity contribution >= 4 is 17.3 Å². The molecular formula is C24H27ClN6O2. The van der Waals surface area contributed by atoms with Gasteiger partial charge in [0, 0.05) is 18.0 Å². The number of rotatable bonds is 4. The number of halogens is 1. The predicted octanol–water partition coefficient (Wildman–Crippen LogP) is 3.23. The Morgan fingerprint density at radius 2 is 1.94 bits per heavy atom. The van der Waals surface area contributed by atoms with Crippen LogP contribution in [0.15, 0.2) is 72.3 Å². The number of likely N-dealkylation sites (N-methyl/N-ethyl adjacent to an activating group) is 1. The molecule has 0 saturated heterocycles. The van der Waals surface area contributed by atoms with E-state index in [1.165, 1.54) is 0 Å². The molecule has 33 heavy (non-hydrogen) atoms. The smallest absolute Gasteiger partial charge is 0.147 e. The predicted molar refractivity (Wildman–Crippen MR) is 128 cm³/mol. The molecule has 9 heteroatoms. The van der Waals surface area contributed by atoms with Gasteiger partial charge in [-0.2, -0.15) is 0 Å². The second kappa shape index (κ2) is 8.81. The van der Waals surface area contributed by atoms with Gasteiger partial charge in [-0.1, -0.05) is 41.9 Å². The quantitative estimate of drug-likeness (QED) is 0.609. The van der Waals surface area contributed by atoms with Crippen LogP contribution in [0.5, 0.6) is 5.75 Å². The van der Waals surface area contributed by atoms with E-state index < -0.39 is 6.29 Å². The molecule has 1 aromatic heterocycles. The normalized spacial score (nSPS) is 23.5. The summed E-state index contributed by atoms with van der Waals surface area (Å²) in [5.74, 6) is 0.668. The molecule has 2 aliphatic heterocycles. The van der Waals surface area contributed by atoms with Crippen molar-refractivity contribution in [2.75, 3.05) is 25.7 Å². The topological polar surface area (TPSA) is 94.8 Å². The molecule has 0 bridgehead atoms. The highest BCUT2D eigenvalue weighted by Crippen LogP contribution is 2.43. The number of hydrogen-bond donors (Lipinski definition) is 2. The molecule has 172 valence electrons. The maximum absolute atomic E-state index is 6.74. The van der Waals surface area contributed by atoms with E-state index in [0.29, 0.717) is 17.5 Å². The Kier molecular flexibility index (Phi) is 5.86. The Morgan fingerprint density at radius 1 is 1.15 bits per heavy atom. The van der Waals surface area contributed by atoms with Crippen LogP contribution < -0.4 is 21.1 Å². The average molecular weight is 467 g/mol. The Bertz CT molecular complexity index is 1180. The van der Waals surface area contributed by atoms with E-state index in [4.69, 9.17) is 32.5 Å². The molecule has 3 atom stereocenters. The summed E-state index contributed by atoms with van der Waals surface area (Å²) in [6, 6.07) is 16.1. The third kappa shape index (κ3) is 3.80. The van der Waals surface area contributed by atoms with Crippen LogP contribution in [0, 0.1) is 0 Å². The number of aromatic nitrogens is 2. The minimum atomic E-state index is -0.482. The Hall–Kier alpha value is -2.88. The van der Waals surface area contributed by atoms with Crippen molar-refractivity contribution in [2.24, 2.45) is 11.5 Å². The van der Waals surface area contributed by atoms with Gasteiger partial charge in [0.1, 0.15) is 29.6 Å². The van der Waals surface area contributed by atoms with E-state index in [0.717, 1.165) is 34.6 Å². The zero-order valence-corrected chi connectivity index (χ0v) is 19.3. The van der Waals surface area contributed by atoms with Crippen LogP contribution in [0.2, 0.25) is 5.15 Å². The van der Waals surface area contributed by atoms with Crippen molar-refractivity contribution in [2.45, 2.75) is 25.0 Å². The molecule has 5 rings (SSSR count). The highest BCUT2D eigenvalue weighted by molar-refractivity contribution is 6.29. The third-order valence-electron chi connectivity index (χ3n) is 6.34. The van der Waals surface area contributed by atoms with Gasteiger partial charge >= 0.3 is 0 Å². The zero-order chi connectivity index (χ0) is 23.1. The summed E-state index contributed by atoms with van der Waals surface area (Å²) < 4.78 is 13.8. The maximum atomic E-state index is 6.74. The molecule has 0 fully saturated rings. The van der Waals surface area contributed by atoms with Crippen LogP contribution in [0.1, 0.15) is 18.1 Å². The number of nitrogens with two attached hydrogens (primary N) is 2. The van der Waals surface area contributed by atoms with Gasteiger partial charge in [0.25, 0.3) is 0 Å². The van der Waals surface area contributed by atoms with E-state index in [-0.39, 0.29) is 12.3 Å². The van der Waals surface area contributed by atoms with Crippen molar-refractivity contribution in [3.63, 3.8) is 0 Å². The first kappa shape index (κ1) is 21.9. The van der Waals surface area contributed by atoms with E-state index in [1.54, 1.807) is 19.6 Å². The standard InChI is InChI=1S/C24H27ClN6O2/c1-29-23(26)17-10-11-33-22(15-6-4-3-5-7-15)21(17)31(24(29)27)16-8-9-18(19(12-16)32-2)30-13-20(25)28-14-30/h3-9,12-14,22-24H,10-11,26-27H2,1-2H3. The fraction of sp³-hybridized carbons (Fsp3) is 0.292. The number of hydrogen-bond acceptors (Lipinski definition) is 7. The summed E-state index contributed by atoms with van der Waals surface area (Å²) in [5.41, 5.74) is 18.3. The molecule has 0 amide bonds. The molecule has 0 radical (unpaired) electrons. The molecule has 3 heterocycles. The highest BCUT2D eigenvalue weighted by atomic mass is 35.5. The van der Waals surface area contributed by atoms with Gasteiger partial charge in [-0.05, 0) is 36.7 Å². The second-order valence-corrected chi connectivity index (χ2v) is 8.56. The average Bonchev–Trinajstić information content (AvgIpc) is 3.29. The lowest BCUT2D eigenvalue weighted by Crippen LogP contribution is -2.64. The van der Waals surface area contributed by atoms with E-state index in [2.05, 4.69) is 22.0 Å². The maximum Gasteiger partial charge on any atom is 0.147 e. The van der Waals surface area contributed by atoms with Crippen molar-refractivity contribution in [1.29, 1.82) is 0 Å². The number of anilines is 1. The third-order valence-corrected chi connectivity index (χ3v) is 6.54. The first-order chi connectivity index (χ1) is 16.0. The van der Waals surface area contributed by atoms with Crippen LogP contribution in [-0.4, -0.2) is 47.7 Å². The van der Waals surface area contributed by atoms with E-state index in [9.17, 15) is 0 Å². The van der Waals surface area contributed by atoms with Crippen LogP contribution in [0.4, 0.5) is 5.69 Å². The molecule has 8 nitrogen and oxygen atoms in total. The van der Waals surface area contributed by atoms with Gasteiger partial charge in [-0.15, -0.1) is 0 Å². The Labute approximate surface area is 197 Å². The number of imidazole rings is 1. The molecule has 0 spiro atoms. The fourth-order valence-corrected chi connectivity index (χ4v) is 4.76. The SMILES string of the molecule is COc1cc(N2C3=C(CCOC3c3ccccc3)C(N)N(C)C2N)ccc1-n1cnc(Cl)c1. The largest absolute Gasteiger partial charge is 0.494 e. The van der Waals surface area contributed by atoms with Gasteiger partial charge in [0.15, 0.2) is 0 Å². The fourth-order valence-electron chi connectivity index (χ4n) is 4.61. The lowest BCUT2D eigenvalue weighted by atomic mass is 9.92. The minimum Gasteiger partial charge on any atom is -0.494 e. The second-order valence-electron chi connectivity index (χ2n) is 8.18. The summed E-state index contributed by atoms with van der Waals surface area (Å²) >= 11 is 6.02. The monoisotopic (exact) mass is 466 g/mol. The lowest BCUT2D eigenvalue weighted by Gasteiger charge is -2.50. The van der Waals surface area contributed by atoms with Gasteiger partial charge in [0.2, 0.25) is 0 Å². The van der Waals surface area contributed by atoms with Crippen molar-refractivity contribution in [3.05, 3.63) is 83.0 Å². The molecule has 2 aliphatic rings. The van der Waals surface area contributed by atoms with Crippen molar-refractivity contribution < 1.29 is 9.47 Å². The summed E-state index contributed by atoms with van der Waals surface area (Å²) in [7, 11) is 3.58. The summed E-state index contributed by atoms with van der Waals surface area (Å²) in [6.45, 7) is 0.604. The van der Waals surface area contributed by atoms with E-state index >= 15 is 0 Å². The minimum absolute atomic E-state index is 0.265. The van der Waals surface area contributed by atoms with Crippen LogP contribution in [0.3, 0.4) is 0 Å². The number of benzene rings is 2. The Balaban J connectivity index is 1.64. The van der Waals surface area contributed by atoms with Gasteiger partial charge in [-0.25, -0.2) is 4.98 Å². The van der Waals surface area contributed by atoms with Crippen molar-refractivity contribution in [3.8, 4) is 11.4 Å². The molecule has 3 unspecified atom stereocenters. The lowest BCUT2D eigenvalue weighted by molar-refractivity contribution is 0.0437. The molecule has 4 N–H and O–H groups in total. The van der Waals surface area contributed by atoms with Gasteiger partial charge < -0.3 is 24.7 Å². The first-order valence-electron chi connectivity index (χ1n) is 10.8. The van der Waals surface area contributed by atoms with Gasteiger partial charge in [0.05, 0.1) is 31.3 Å². The number of methoxy groups -OCH3 is 1. The summed E-state index contributed by atoms with van der Waals surface area (Å²) in [6.07, 6.45) is 3.11. The summed E-state index contributed by atoms with van der Waals surface area (Å²) in [5, 5.41) is 0.412. The van der Waals surface area contributed by atoms with Crippen molar-refractivity contribution in [1.82, 2.24) is 14.5 Å². The molecule has 0 aliphatic carbocycles. The molecular weight excluding hydrogens is 440 g/mol. The number of nitrogens with zero attached hydrogens (tertiary/aromatic N) is 4. The molecule has 0 saturated carbocycles. The first-order valence-corrected chi connectivity index (χ1v) is 11.2.